The van der Waals surface area contributed by atoms with Gasteiger partial charge in [0.15, 0.2) is 5.15 Å². The Labute approximate surface area is 131 Å². The molecule has 0 saturated heterocycles. The van der Waals surface area contributed by atoms with Gasteiger partial charge in [-0.25, -0.2) is 8.78 Å². The zero-order valence-corrected chi connectivity index (χ0v) is 12.9. The van der Waals surface area contributed by atoms with Gasteiger partial charge in [-0.2, -0.15) is 18.3 Å². The molecule has 22 heavy (non-hydrogen) atoms. The first-order valence-electron chi connectivity index (χ1n) is 6.02. The molecule has 124 valence electrons. The maximum absolute atomic E-state index is 13.3. The van der Waals surface area contributed by atoms with Crippen LogP contribution in [0.5, 0.6) is 0 Å². The molecule has 1 unspecified atom stereocenters. The van der Waals surface area contributed by atoms with Crippen LogP contribution in [0, 0.1) is 0 Å². The van der Waals surface area contributed by atoms with Gasteiger partial charge in [0.2, 0.25) is 0 Å². The molecule has 1 N–H and O–H groups in total. The molecular weight excluding hydrogens is 353 g/mol. The van der Waals surface area contributed by atoms with Crippen molar-refractivity contribution in [2.45, 2.75) is 43.7 Å². The molecule has 1 aromatic heterocycles. The third-order valence-corrected chi connectivity index (χ3v) is 4.26. The summed E-state index contributed by atoms with van der Waals surface area (Å²) in [7, 11) is 0. The van der Waals surface area contributed by atoms with Crippen molar-refractivity contribution in [3.63, 3.8) is 0 Å². The number of oxime groups is 1. The van der Waals surface area contributed by atoms with Crippen molar-refractivity contribution < 1.29 is 26.8 Å². The minimum absolute atomic E-state index is 0.181. The highest BCUT2D eigenvalue weighted by atomic mass is 35.5. The highest BCUT2D eigenvalue weighted by Crippen LogP contribution is 2.46. The predicted molar refractivity (Wildman–Crippen MR) is 72.2 cm³/mol. The van der Waals surface area contributed by atoms with Gasteiger partial charge in [0.05, 0.1) is 0 Å². The van der Waals surface area contributed by atoms with Crippen LogP contribution in [0.2, 0.25) is 5.15 Å². The van der Waals surface area contributed by atoms with Crippen LogP contribution in [0.1, 0.15) is 36.8 Å². The van der Waals surface area contributed by atoms with Crippen molar-refractivity contribution in [2.75, 3.05) is 0 Å². The molecule has 0 saturated carbocycles. The zero-order valence-electron chi connectivity index (χ0n) is 11.3. The lowest BCUT2D eigenvalue weighted by Gasteiger charge is -2.18. The summed E-state index contributed by atoms with van der Waals surface area (Å²) in [6, 6.07) is 0. The van der Waals surface area contributed by atoms with Crippen molar-refractivity contribution in [3.05, 3.63) is 16.4 Å². The monoisotopic (exact) mass is 363 g/mol. The summed E-state index contributed by atoms with van der Waals surface area (Å²) in [5, 5.41) is 6.19. The van der Waals surface area contributed by atoms with Gasteiger partial charge in [-0.15, -0.1) is 0 Å². The minimum Gasteiger partial charge on any atom is -0.389 e. The quantitative estimate of drug-likeness (QED) is 0.796. The molecule has 11 heteroatoms. The van der Waals surface area contributed by atoms with E-state index < -0.39 is 39.9 Å². The smallest absolute Gasteiger partial charge is 0.389 e. The standard InChI is InChI=1S/C11H11ClF5N3OS/c1-10(2)3-4(20-21-10)22-6(9(13)14)5-7(11(15,16)17)18-19-8(5)12/h6,9H,3H2,1-2H3,(H,18,19). The Bertz CT molecular complexity index is 587. The van der Waals surface area contributed by atoms with Crippen LogP contribution in [0.4, 0.5) is 22.0 Å². The number of hydrogen-bond acceptors (Lipinski definition) is 4. The molecule has 4 nitrogen and oxygen atoms in total. The summed E-state index contributed by atoms with van der Waals surface area (Å²) >= 11 is 6.07. The van der Waals surface area contributed by atoms with E-state index in [2.05, 4.69) is 10.3 Å². The topological polar surface area (TPSA) is 50.3 Å². The third-order valence-electron chi connectivity index (χ3n) is 2.79. The van der Waals surface area contributed by atoms with Gasteiger partial charge in [0, 0.05) is 12.0 Å². The third kappa shape index (κ3) is 3.65. The van der Waals surface area contributed by atoms with E-state index in [0.29, 0.717) is 11.8 Å². The molecule has 0 radical (unpaired) electrons. The van der Waals surface area contributed by atoms with E-state index in [0.717, 1.165) is 0 Å². The highest BCUT2D eigenvalue weighted by molar-refractivity contribution is 8.14. The normalized spacial score (nSPS) is 19.2. The molecule has 1 aliphatic heterocycles. The Morgan fingerprint density at radius 2 is 2.00 bits per heavy atom. The molecule has 0 fully saturated rings. The number of aromatic amines is 1. The van der Waals surface area contributed by atoms with Gasteiger partial charge in [-0.1, -0.05) is 28.5 Å². The molecule has 1 aromatic rings. The Hall–Kier alpha value is -1.03. The van der Waals surface area contributed by atoms with Gasteiger partial charge in [-0.05, 0) is 13.8 Å². The Balaban J connectivity index is 2.32. The maximum atomic E-state index is 13.3. The number of nitrogens with zero attached hydrogens (tertiary/aromatic N) is 2. The largest absolute Gasteiger partial charge is 0.433 e. The fraction of sp³-hybridized carbons (Fsp3) is 0.636. The first-order chi connectivity index (χ1) is 10.0. The fourth-order valence-corrected chi connectivity index (χ4v) is 3.43. The van der Waals surface area contributed by atoms with Crippen LogP contribution in [-0.4, -0.2) is 27.3 Å². The van der Waals surface area contributed by atoms with Gasteiger partial charge in [0.1, 0.15) is 21.6 Å². The molecule has 1 atom stereocenters. The summed E-state index contributed by atoms with van der Waals surface area (Å²) in [5.41, 5.74) is -2.84. The lowest BCUT2D eigenvalue weighted by atomic mass is 10.1. The summed E-state index contributed by atoms with van der Waals surface area (Å²) in [5.74, 6) is 0. The minimum atomic E-state index is -4.86. The van der Waals surface area contributed by atoms with Crippen molar-refractivity contribution >= 4 is 28.4 Å². The molecule has 0 spiro atoms. The second-order valence-corrected chi connectivity index (χ2v) is 6.76. The zero-order chi connectivity index (χ0) is 16.7. The predicted octanol–water partition coefficient (Wildman–Crippen LogP) is 4.63. The van der Waals surface area contributed by atoms with Crippen LogP contribution in [-0.2, 0) is 11.0 Å². The molecule has 2 rings (SSSR count). The van der Waals surface area contributed by atoms with Crippen molar-refractivity contribution in [3.8, 4) is 0 Å². The number of thioether (sulfide) groups is 1. The van der Waals surface area contributed by atoms with Gasteiger partial charge in [0.25, 0.3) is 6.43 Å². The molecule has 2 heterocycles. The van der Waals surface area contributed by atoms with Crippen LogP contribution < -0.4 is 0 Å². The van der Waals surface area contributed by atoms with Gasteiger partial charge < -0.3 is 4.84 Å². The number of H-pyrrole nitrogens is 1. The van der Waals surface area contributed by atoms with Gasteiger partial charge in [-0.3, -0.25) is 5.10 Å². The van der Waals surface area contributed by atoms with Crippen LogP contribution in [0.15, 0.2) is 5.16 Å². The molecular formula is C11H11ClF5N3OS. The first-order valence-corrected chi connectivity index (χ1v) is 7.28. The average molecular weight is 364 g/mol. The lowest BCUT2D eigenvalue weighted by Crippen LogP contribution is -2.19. The summed E-state index contributed by atoms with van der Waals surface area (Å²) in [4.78, 5) is 5.02. The molecule has 0 aromatic carbocycles. The summed E-state index contributed by atoms with van der Waals surface area (Å²) in [6.45, 7) is 3.38. The maximum Gasteiger partial charge on any atom is 0.433 e. The Morgan fingerprint density at radius 3 is 2.45 bits per heavy atom. The van der Waals surface area contributed by atoms with E-state index in [9.17, 15) is 22.0 Å². The molecule has 0 aliphatic carbocycles. The lowest BCUT2D eigenvalue weighted by molar-refractivity contribution is -0.142. The van der Waals surface area contributed by atoms with E-state index in [-0.39, 0.29) is 11.5 Å². The molecule has 0 bridgehead atoms. The average Bonchev–Trinajstić information content (AvgIpc) is 2.88. The second-order valence-electron chi connectivity index (χ2n) is 5.19. The van der Waals surface area contributed by atoms with E-state index in [4.69, 9.17) is 16.4 Å². The number of hydrogen-bond donors (Lipinski definition) is 1. The fourth-order valence-electron chi connectivity index (χ4n) is 1.85. The van der Waals surface area contributed by atoms with E-state index >= 15 is 0 Å². The van der Waals surface area contributed by atoms with E-state index in [1.807, 2.05) is 0 Å². The van der Waals surface area contributed by atoms with Crippen molar-refractivity contribution in [1.29, 1.82) is 0 Å². The summed E-state index contributed by atoms with van der Waals surface area (Å²) in [6.07, 6.45) is -7.73. The van der Waals surface area contributed by atoms with Gasteiger partial charge >= 0.3 is 6.18 Å². The van der Waals surface area contributed by atoms with Crippen LogP contribution in [0.3, 0.4) is 0 Å². The number of halogens is 6. The number of rotatable bonds is 3. The first kappa shape index (κ1) is 17.3. The van der Waals surface area contributed by atoms with Crippen LogP contribution in [0.25, 0.3) is 0 Å². The van der Waals surface area contributed by atoms with E-state index in [1.165, 1.54) is 0 Å². The number of alkyl halides is 5. The molecule has 0 amide bonds. The number of aromatic nitrogens is 2. The Morgan fingerprint density at radius 1 is 1.36 bits per heavy atom. The SMILES string of the molecule is CC1(C)CC(SC(c2c(Cl)n[nH]c2C(F)(F)F)C(F)F)=NO1. The van der Waals surface area contributed by atoms with Crippen LogP contribution >= 0.6 is 23.4 Å². The number of nitrogens with one attached hydrogen (secondary N) is 1. The second kappa shape index (κ2) is 5.88. The van der Waals surface area contributed by atoms with Crippen molar-refractivity contribution in [1.82, 2.24) is 10.2 Å². The van der Waals surface area contributed by atoms with E-state index in [1.54, 1.807) is 18.9 Å². The summed E-state index contributed by atoms with van der Waals surface area (Å²) < 4.78 is 65.2. The van der Waals surface area contributed by atoms with Crippen molar-refractivity contribution in [2.24, 2.45) is 5.16 Å². The Kier molecular flexibility index (Phi) is 4.63. The molecule has 1 aliphatic rings. The highest BCUT2D eigenvalue weighted by Gasteiger charge is 2.43.